The van der Waals surface area contributed by atoms with Crippen LogP contribution < -0.4 is 5.32 Å². The van der Waals surface area contributed by atoms with E-state index in [1.807, 2.05) is 0 Å². The number of nitrogens with zero attached hydrogens (tertiary/aromatic N) is 2. The summed E-state index contributed by atoms with van der Waals surface area (Å²) < 4.78 is 22.8. The molecule has 0 radical (unpaired) electrons. The summed E-state index contributed by atoms with van der Waals surface area (Å²) in [4.78, 5) is 8.65. The second-order valence-electron chi connectivity index (χ2n) is 5.12. The van der Waals surface area contributed by atoms with Gasteiger partial charge >= 0.3 is 0 Å². The van der Waals surface area contributed by atoms with E-state index in [1.54, 1.807) is 12.4 Å². The SMILES string of the molecule is O=S1(=O)C=CC(Nc2ncnc3c2CCCCC3)C1. The summed E-state index contributed by atoms with van der Waals surface area (Å²) in [6.45, 7) is 0. The molecule has 1 aromatic rings. The third-order valence-corrected chi connectivity index (χ3v) is 5.02. The molecule has 0 aromatic carbocycles. The Morgan fingerprint density at radius 2 is 2.00 bits per heavy atom. The summed E-state index contributed by atoms with van der Waals surface area (Å²) in [5, 5.41) is 4.52. The lowest BCUT2D eigenvalue weighted by molar-refractivity contribution is 0.605. The summed E-state index contributed by atoms with van der Waals surface area (Å²) in [7, 11) is -3.03. The van der Waals surface area contributed by atoms with Gasteiger partial charge < -0.3 is 5.32 Å². The van der Waals surface area contributed by atoms with Crippen molar-refractivity contribution in [1.82, 2.24) is 9.97 Å². The molecule has 0 spiro atoms. The van der Waals surface area contributed by atoms with E-state index in [0.29, 0.717) is 0 Å². The molecule has 1 unspecified atom stereocenters. The van der Waals surface area contributed by atoms with Crippen molar-refractivity contribution in [2.24, 2.45) is 0 Å². The topological polar surface area (TPSA) is 72.0 Å². The van der Waals surface area contributed by atoms with E-state index in [0.717, 1.165) is 36.3 Å². The van der Waals surface area contributed by atoms with Crippen LogP contribution in [0.25, 0.3) is 0 Å². The molecule has 1 atom stereocenters. The van der Waals surface area contributed by atoms with Crippen LogP contribution in [-0.2, 0) is 22.7 Å². The van der Waals surface area contributed by atoms with Crippen molar-refractivity contribution in [3.8, 4) is 0 Å². The fourth-order valence-electron chi connectivity index (χ4n) is 2.66. The molecule has 0 amide bonds. The number of aryl methyl sites for hydroxylation is 1. The monoisotopic (exact) mass is 279 g/mol. The molecule has 0 saturated carbocycles. The maximum atomic E-state index is 11.4. The Balaban J connectivity index is 1.84. The van der Waals surface area contributed by atoms with E-state index >= 15 is 0 Å². The Bertz CT molecular complexity index is 610. The standard InChI is InChI=1S/C13H17N3O2S/c17-19(18)7-6-10(8-19)16-13-11-4-2-1-3-5-12(11)14-9-15-13/h6-7,9-10H,1-5,8H2,(H,14,15,16). The van der Waals surface area contributed by atoms with E-state index in [-0.39, 0.29) is 11.8 Å². The van der Waals surface area contributed by atoms with Crippen LogP contribution in [0.5, 0.6) is 0 Å². The van der Waals surface area contributed by atoms with Gasteiger partial charge in [-0.05, 0) is 31.8 Å². The second-order valence-corrected chi connectivity index (χ2v) is 7.05. The number of nitrogens with one attached hydrogen (secondary N) is 1. The van der Waals surface area contributed by atoms with Gasteiger partial charge in [-0.3, -0.25) is 0 Å². The highest BCUT2D eigenvalue weighted by atomic mass is 32.2. The zero-order valence-electron chi connectivity index (χ0n) is 10.7. The Morgan fingerprint density at radius 3 is 2.79 bits per heavy atom. The third-order valence-electron chi connectivity index (χ3n) is 3.63. The zero-order chi connectivity index (χ0) is 13.3. The highest BCUT2D eigenvalue weighted by molar-refractivity contribution is 7.94. The van der Waals surface area contributed by atoms with Gasteiger partial charge in [0.15, 0.2) is 9.84 Å². The van der Waals surface area contributed by atoms with Crippen molar-refractivity contribution in [1.29, 1.82) is 0 Å². The molecule has 0 saturated heterocycles. The van der Waals surface area contributed by atoms with Crippen LogP contribution >= 0.6 is 0 Å². The van der Waals surface area contributed by atoms with Gasteiger partial charge in [-0.2, -0.15) is 0 Å². The molecule has 0 bridgehead atoms. The lowest BCUT2D eigenvalue weighted by Crippen LogP contribution is -2.23. The van der Waals surface area contributed by atoms with Crippen LogP contribution in [0.2, 0.25) is 0 Å². The first-order valence-electron chi connectivity index (χ1n) is 6.64. The molecule has 1 aliphatic carbocycles. The first-order chi connectivity index (χ1) is 9.14. The molecule has 19 heavy (non-hydrogen) atoms. The van der Waals surface area contributed by atoms with Crippen molar-refractivity contribution < 1.29 is 8.42 Å². The molecule has 1 aromatic heterocycles. The molecular formula is C13H17N3O2S. The van der Waals surface area contributed by atoms with Gasteiger partial charge in [-0.1, -0.05) is 6.42 Å². The molecule has 0 fully saturated rings. The molecule has 102 valence electrons. The van der Waals surface area contributed by atoms with E-state index in [2.05, 4.69) is 15.3 Å². The van der Waals surface area contributed by atoms with Gasteiger partial charge in [-0.15, -0.1) is 0 Å². The first kappa shape index (κ1) is 12.6. The average Bonchev–Trinajstić information content (AvgIpc) is 2.60. The number of fused-ring (bicyclic) bond motifs is 1. The number of anilines is 1. The Kier molecular flexibility index (Phi) is 3.26. The van der Waals surface area contributed by atoms with E-state index in [4.69, 9.17) is 0 Å². The van der Waals surface area contributed by atoms with E-state index in [1.165, 1.54) is 18.2 Å². The molecule has 1 N–H and O–H groups in total. The molecule has 3 rings (SSSR count). The number of aromatic nitrogens is 2. The fourth-order valence-corrected chi connectivity index (χ4v) is 3.90. The third kappa shape index (κ3) is 2.78. The van der Waals surface area contributed by atoms with Crippen LogP contribution in [0, 0.1) is 0 Å². The highest BCUT2D eigenvalue weighted by Gasteiger charge is 2.23. The Labute approximate surface area is 113 Å². The summed E-state index contributed by atoms with van der Waals surface area (Å²) in [5.41, 5.74) is 2.28. The molecule has 1 aliphatic heterocycles. The van der Waals surface area contributed by atoms with Crippen molar-refractivity contribution in [3.05, 3.63) is 29.1 Å². The van der Waals surface area contributed by atoms with Gasteiger partial charge in [0.2, 0.25) is 0 Å². The van der Waals surface area contributed by atoms with E-state index < -0.39 is 9.84 Å². The largest absolute Gasteiger partial charge is 0.362 e. The quantitative estimate of drug-likeness (QED) is 0.830. The summed E-state index contributed by atoms with van der Waals surface area (Å²) in [5.74, 6) is 0.921. The molecule has 2 aliphatic rings. The number of hydrogen-bond acceptors (Lipinski definition) is 5. The van der Waals surface area contributed by atoms with Gasteiger partial charge in [-0.25, -0.2) is 18.4 Å². The predicted octanol–water partition coefficient (Wildman–Crippen LogP) is 1.47. The molecular weight excluding hydrogens is 262 g/mol. The average molecular weight is 279 g/mol. The minimum atomic E-state index is -3.03. The minimum absolute atomic E-state index is 0.117. The smallest absolute Gasteiger partial charge is 0.173 e. The maximum absolute atomic E-state index is 11.4. The Hall–Kier alpha value is -1.43. The van der Waals surface area contributed by atoms with Gasteiger partial charge in [0.05, 0.1) is 11.8 Å². The van der Waals surface area contributed by atoms with E-state index in [9.17, 15) is 8.42 Å². The van der Waals surface area contributed by atoms with Crippen LogP contribution in [-0.4, -0.2) is 30.2 Å². The lowest BCUT2D eigenvalue weighted by Gasteiger charge is -2.15. The molecule has 6 heteroatoms. The van der Waals surface area contributed by atoms with Crippen LogP contribution in [0.3, 0.4) is 0 Å². The summed E-state index contributed by atoms with van der Waals surface area (Å²) >= 11 is 0. The van der Waals surface area contributed by atoms with Gasteiger partial charge in [0.1, 0.15) is 12.1 Å². The van der Waals surface area contributed by atoms with Crippen LogP contribution in [0.1, 0.15) is 30.5 Å². The van der Waals surface area contributed by atoms with Crippen molar-refractivity contribution in [3.63, 3.8) is 0 Å². The van der Waals surface area contributed by atoms with Crippen molar-refractivity contribution >= 4 is 15.7 Å². The minimum Gasteiger partial charge on any atom is -0.362 e. The predicted molar refractivity (Wildman–Crippen MR) is 73.6 cm³/mol. The molecule has 2 heterocycles. The first-order valence-corrected chi connectivity index (χ1v) is 8.36. The summed E-state index contributed by atoms with van der Waals surface area (Å²) in [6.07, 6.45) is 8.76. The maximum Gasteiger partial charge on any atom is 0.173 e. The Morgan fingerprint density at radius 1 is 1.16 bits per heavy atom. The van der Waals surface area contributed by atoms with Crippen molar-refractivity contribution in [2.45, 2.75) is 38.1 Å². The summed E-state index contributed by atoms with van der Waals surface area (Å²) in [6, 6.07) is -0.174. The lowest BCUT2D eigenvalue weighted by atomic mass is 10.1. The normalized spacial score (nSPS) is 24.7. The number of sulfone groups is 1. The van der Waals surface area contributed by atoms with Gasteiger partial charge in [0.25, 0.3) is 0 Å². The number of hydrogen-bond donors (Lipinski definition) is 1. The zero-order valence-corrected chi connectivity index (χ0v) is 11.5. The molecule has 5 nitrogen and oxygen atoms in total. The van der Waals surface area contributed by atoms with Crippen LogP contribution in [0.4, 0.5) is 5.82 Å². The van der Waals surface area contributed by atoms with Crippen molar-refractivity contribution in [2.75, 3.05) is 11.1 Å². The fraction of sp³-hybridized carbons (Fsp3) is 0.538. The highest BCUT2D eigenvalue weighted by Crippen LogP contribution is 2.25. The number of rotatable bonds is 2. The van der Waals surface area contributed by atoms with Gasteiger partial charge in [0, 0.05) is 16.7 Å². The second kappa shape index (κ2) is 4.92. The van der Waals surface area contributed by atoms with Crippen LogP contribution in [0.15, 0.2) is 17.8 Å².